The third kappa shape index (κ3) is 3.74. The average Bonchev–Trinajstić information content (AvgIpc) is 2.56. The molecule has 0 heterocycles. The lowest BCUT2D eigenvalue weighted by Gasteiger charge is -2.27. The van der Waals surface area contributed by atoms with Gasteiger partial charge in [-0.25, -0.2) is 4.79 Å². The summed E-state index contributed by atoms with van der Waals surface area (Å²) in [5.41, 5.74) is 0.633. The van der Waals surface area contributed by atoms with Crippen molar-refractivity contribution in [1.82, 2.24) is 0 Å². The van der Waals surface area contributed by atoms with Crippen LogP contribution in [0.4, 0.5) is 0 Å². The molecule has 0 aliphatic heterocycles. The van der Waals surface area contributed by atoms with Gasteiger partial charge in [-0.05, 0) is 30.5 Å². The molecule has 0 radical (unpaired) electrons. The van der Waals surface area contributed by atoms with Crippen molar-refractivity contribution in [2.75, 3.05) is 6.61 Å². The van der Waals surface area contributed by atoms with E-state index in [1.807, 2.05) is 43.3 Å². The SMILES string of the molecule is CCCC(O)(C(=O)OCC)c1ccc(-c2ccccc2)cc1Cl. The van der Waals surface area contributed by atoms with E-state index < -0.39 is 11.6 Å². The van der Waals surface area contributed by atoms with Crippen LogP contribution in [0.5, 0.6) is 0 Å². The number of esters is 1. The molecule has 0 saturated carbocycles. The van der Waals surface area contributed by atoms with Gasteiger partial charge >= 0.3 is 5.97 Å². The van der Waals surface area contributed by atoms with E-state index in [4.69, 9.17) is 16.3 Å². The van der Waals surface area contributed by atoms with Crippen LogP contribution in [0.3, 0.4) is 0 Å². The van der Waals surface area contributed by atoms with Crippen molar-refractivity contribution in [1.29, 1.82) is 0 Å². The number of carbonyl (C=O) groups is 1. The van der Waals surface area contributed by atoms with Crippen LogP contribution in [0.25, 0.3) is 11.1 Å². The van der Waals surface area contributed by atoms with Gasteiger partial charge in [-0.3, -0.25) is 0 Å². The van der Waals surface area contributed by atoms with Gasteiger partial charge in [0.1, 0.15) is 0 Å². The molecule has 0 aliphatic carbocycles. The van der Waals surface area contributed by atoms with Crippen molar-refractivity contribution in [3.05, 3.63) is 59.1 Å². The zero-order valence-electron chi connectivity index (χ0n) is 13.4. The predicted molar refractivity (Wildman–Crippen MR) is 92.3 cm³/mol. The molecule has 0 saturated heterocycles. The molecule has 0 fully saturated rings. The van der Waals surface area contributed by atoms with Crippen molar-refractivity contribution in [3.8, 4) is 11.1 Å². The Morgan fingerprint density at radius 1 is 1.13 bits per heavy atom. The van der Waals surface area contributed by atoms with Crippen molar-refractivity contribution in [2.24, 2.45) is 0 Å². The summed E-state index contributed by atoms with van der Waals surface area (Å²) in [6.07, 6.45) is 0.891. The lowest BCUT2D eigenvalue weighted by molar-refractivity contribution is -0.167. The summed E-state index contributed by atoms with van der Waals surface area (Å²) in [5, 5.41) is 11.2. The molecule has 0 aliphatic rings. The number of carbonyl (C=O) groups excluding carboxylic acids is 1. The molecular weight excluding hydrogens is 312 g/mol. The van der Waals surface area contributed by atoms with Crippen LogP contribution < -0.4 is 0 Å². The number of benzene rings is 2. The summed E-state index contributed by atoms with van der Waals surface area (Å²) in [4.78, 5) is 12.2. The van der Waals surface area contributed by atoms with Gasteiger partial charge in [-0.2, -0.15) is 0 Å². The van der Waals surface area contributed by atoms with Gasteiger partial charge in [0, 0.05) is 10.6 Å². The molecule has 1 atom stereocenters. The quantitative estimate of drug-likeness (QED) is 0.789. The smallest absolute Gasteiger partial charge is 0.342 e. The Morgan fingerprint density at radius 2 is 1.83 bits per heavy atom. The van der Waals surface area contributed by atoms with Gasteiger partial charge in [0.15, 0.2) is 5.60 Å². The van der Waals surface area contributed by atoms with E-state index in [9.17, 15) is 9.90 Å². The van der Waals surface area contributed by atoms with Crippen LogP contribution >= 0.6 is 11.6 Å². The summed E-state index contributed by atoms with van der Waals surface area (Å²) in [6, 6.07) is 15.1. The predicted octanol–water partition coefficient (Wildman–Crippen LogP) is 4.56. The van der Waals surface area contributed by atoms with Crippen molar-refractivity contribution in [3.63, 3.8) is 0 Å². The van der Waals surface area contributed by atoms with Gasteiger partial charge in [0.25, 0.3) is 0 Å². The Bertz CT molecular complexity index is 670. The van der Waals surface area contributed by atoms with Gasteiger partial charge in [-0.15, -0.1) is 0 Å². The summed E-state index contributed by atoms with van der Waals surface area (Å²) in [5.74, 6) is -0.656. The Balaban J connectivity index is 2.43. The molecule has 2 rings (SSSR count). The second kappa shape index (κ2) is 7.62. The fourth-order valence-electron chi connectivity index (χ4n) is 2.62. The second-order valence-electron chi connectivity index (χ2n) is 5.39. The van der Waals surface area contributed by atoms with Crippen LogP contribution in [0.1, 0.15) is 32.3 Å². The number of rotatable bonds is 6. The molecular formula is C19H21ClO3. The van der Waals surface area contributed by atoms with Gasteiger partial charge in [0.05, 0.1) is 6.61 Å². The topological polar surface area (TPSA) is 46.5 Å². The molecule has 0 amide bonds. The standard InChI is InChI=1S/C19H21ClO3/c1-3-12-19(22,18(21)23-4-2)16-11-10-15(13-17(16)20)14-8-6-5-7-9-14/h5-11,13,22H,3-4,12H2,1-2H3. The van der Waals surface area contributed by atoms with Gasteiger partial charge in [0.2, 0.25) is 0 Å². The normalized spacial score (nSPS) is 13.4. The number of hydrogen-bond acceptors (Lipinski definition) is 3. The minimum atomic E-state index is -1.71. The molecule has 2 aromatic carbocycles. The third-order valence-electron chi connectivity index (χ3n) is 3.75. The van der Waals surface area contributed by atoms with Crippen molar-refractivity contribution >= 4 is 17.6 Å². The van der Waals surface area contributed by atoms with Crippen LogP contribution in [0, 0.1) is 0 Å². The highest BCUT2D eigenvalue weighted by Gasteiger charge is 2.40. The van der Waals surface area contributed by atoms with Gasteiger partial charge < -0.3 is 9.84 Å². The highest BCUT2D eigenvalue weighted by Crippen LogP contribution is 2.36. The fourth-order valence-corrected chi connectivity index (χ4v) is 2.96. The molecule has 2 aromatic rings. The summed E-state index contributed by atoms with van der Waals surface area (Å²) in [6.45, 7) is 3.82. The van der Waals surface area contributed by atoms with E-state index in [2.05, 4.69) is 0 Å². The van der Waals surface area contributed by atoms with E-state index in [1.165, 1.54) is 0 Å². The van der Waals surface area contributed by atoms with E-state index >= 15 is 0 Å². The highest BCUT2D eigenvalue weighted by molar-refractivity contribution is 6.32. The maximum absolute atomic E-state index is 12.2. The van der Waals surface area contributed by atoms with E-state index in [0.29, 0.717) is 17.0 Å². The first-order valence-electron chi connectivity index (χ1n) is 7.78. The minimum absolute atomic E-state index is 0.213. The molecule has 1 N–H and O–H groups in total. The maximum atomic E-state index is 12.2. The summed E-state index contributed by atoms with van der Waals surface area (Å²) < 4.78 is 5.04. The Morgan fingerprint density at radius 3 is 2.39 bits per heavy atom. The van der Waals surface area contributed by atoms with Crippen LogP contribution in [-0.4, -0.2) is 17.7 Å². The first kappa shape index (κ1) is 17.5. The minimum Gasteiger partial charge on any atom is -0.464 e. The Hall–Kier alpha value is -1.84. The van der Waals surface area contributed by atoms with Gasteiger partial charge in [-0.1, -0.05) is 67.4 Å². The number of ether oxygens (including phenoxy) is 1. The first-order valence-corrected chi connectivity index (χ1v) is 8.15. The average molecular weight is 333 g/mol. The zero-order chi connectivity index (χ0) is 16.9. The molecule has 122 valence electrons. The highest BCUT2D eigenvalue weighted by atomic mass is 35.5. The molecule has 4 heteroatoms. The zero-order valence-corrected chi connectivity index (χ0v) is 14.1. The van der Waals surface area contributed by atoms with Crippen LogP contribution in [0.15, 0.2) is 48.5 Å². The first-order chi connectivity index (χ1) is 11.0. The second-order valence-corrected chi connectivity index (χ2v) is 5.80. The summed E-state index contributed by atoms with van der Waals surface area (Å²) >= 11 is 6.38. The molecule has 0 spiro atoms. The Labute approximate surface area is 141 Å². The largest absolute Gasteiger partial charge is 0.464 e. The molecule has 23 heavy (non-hydrogen) atoms. The number of halogens is 1. The molecule has 0 bridgehead atoms. The van der Waals surface area contributed by atoms with Crippen molar-refractivity contribution in [2.45, 2.75) is 32.3 Å². The third-order valence-corrected chi connectivity index (χ3v) is 4.06. The Kier molecular flexibility index (Phi) is 5.80. The van der Waals surface area contributed by atoms with Crippen molar-refractivity contribution < 1.29 is 14.6 Å². The summed E-state index contributed by atoms with van der Waals surface area (Å²) in [7, 11) is 0. The molecule has 1 unspecified atom stereocenters. The maximum Gasteiger partial charge on any atom is 0.342 e. The van der Waals surface area contributed by atoms with E-state index in [1.54, 1.807) is 19.1 Å². The molecule has 3 nitrogen and oxygen atoms in total. The number of aliphatic hydroxyl groups is 1. The number of hydrogen-bond donors (Lipinski definition) is 1. The van der Waals surface area contributed by atoms with E-state index in [0.717, 1.165) is 11.1 Å². The molecule has 0 aromatic heterocycles. The lowest BCUT2D eigenvalue weighted by Crippen LogP contribution is -2.37. The van der Waals surface area contributed by atoms with E-state index in [-0.39, 0.29) is 13.0 Å². The van der Waals surface area contributed by atoms with Crippen LogP contribution in [-0.2, 0) is 15.1 Å². The van der Waals surface area contributed by atoms with Crippen LogP contribution in [0.2, 0.25) is 5.02 Å². The lowest BCUT2D eigenvalue weighted by atomic mass is 9.88. The fraction of sp³-hybridized carbons (Fsp3) is 0.316. The monoisotopic (exact) mass is 332 g/mol.